The van der Waals surface area contributed by atoms with E-state index < -0.39 is 12.0 Å². The third kappa shape index (κ3) is 1.88. The minimum absolute atomic E-state index is 0.00787. The lowest BCUT2D eigenvalue weighted by molar-refractivity contribution is 0.110. The molecule has 1 aromatic heterocycles. The van der Waals surface area contributed by atoms with Crippen LogP contribution in [0, 0.1) is 0 Å². The van der Waals surface area contributed by atoms with Gasteiger partial charge in [-0.15, -0.1) is 0 Å². The molecule has 1 heterocycles. The fourth-order valence-corrected chi connectivity index (χ4v) is 1.28. The van der Waals surface area contributed by atoms with Crippen molar-refractivity contribution in [3.8, 4) is 0 Å². The Bertz CT molecular complexity index is 357. The fourth-order valence-electron chi connectivity index (χ4n) is 1.08. The van der Waals surface area contributed by atoms with Crippen LogP contribution in [0.3, 0.4) is 0 Å². The fraction of sp³-hybridized carbons (Fsp3) is 0.250. The molecule has 0 saturated heterocycles. The maximum atomic E-state index is 12.5. The Balaban J connectivity index is 3.43. The largest absolute Gasteiger partial charge is 0.325 e. The van der Waals surface area contributed by atoms with E-state index in [4.69, 9.17) is 17.3 Å². The molecule has 1 aromatic rings. The second kappa shape index (κ2) is 4.43. The van der Waals surface area contributed by atoms with Crippen molar-refractivity contribution in [2.75, 3.05) is 0 Å². The Hall–Kier alpha value is -1.07. The van der Waals surface area contributed by atoms with Gasteiger partial charge in [-0.2, -0.15) is 0 Å². The highest BCUT2D eigenvalue weighted by atomic mass is 35.5. The molecular weight excluding hydrogens is 214 g/mol. The molecule has 0 aliphatic carbocycles. The first-order valence-electron chi connectivity index (χ1n) is 3.72. The van der Waals surface area contributed by atoms with Crippen LogP contribution in [0.1, 0.15) is 28.0 Å². The van der Waals surface area contributed by atoms with Crippen molar-refractivity contribution >= 4 is 17.9 Å². The summed E-state index contributed by atoms with van der Waals surface area (Å²) in [6.07, 6.45) is -1.38. The maximum absolute atomic E-state index is 12.5. The normalized spacial score (nSPS) is 10.6. The lowest BCUT2D eigenvalue weighted by Gasteiger charge is -2.09. The zero-order valence-electron chi connectivity index (χ0n) is 7.01. The predicted octanol–water partition coefficient (Wildman–Crippen LogP) is 1.94. The number of halogens is 3. The van der Waals surface area contributed by atoms with E-state index in [1.165, 1.54) is 0 Å². The summed E-state index contributed by atoms with van der Waals surface area (Å²) in [7, 11) is 0. The van der Waals surface area contributed by atoms with Crippen LogP contribution < -0.4 is 5.73 Å². The number of pyridine rings is 1. The van der Waals surface area contributed by atoms with Crippen LogP contribution in [0.2, 0.25) is 5.02 Å². The summed E-state index contributed by atoms with van der Waals surface area (Å²) in [5, 5.41) is -0.0903. The quantitative estimate of drug-likeness (QED) is 0.792. The van der Waals surface area contributed by atoms with Gasteiger partial charge >= 0.3 is 0 Å². The number of carbonyl (C=O) groups excluding carboxylic acids is 1. The standard InChI is InChI=1S/C8H7ClF2N2O/c9-5-2-13-6(1-12)7(8(10)11)4(5)3-14/h2-3,8H,1,12H2. The van der Waals surface area contributed by atoms with Gasteiger partial charge in [0.1, 0.15) is 0 Å². The number of hydrogen-bond acceptors (Lipinski definition) is 3. The van der Waals surface area contributed by atoms with Gasteiger partial charge in [0.25, 0.3) is 6.43 Å². The number of hydrogen-bond donors (Lipinski definition) is 1. The number of aldehydes is 1. The Kier molecular flexibility index (Phi) is 3.49. The van der Waals surface area contributed by atoms with Crippen molar-refractivity contribution < 1.29 is 13.6 Å². The van der Waals surface area contributed by atoms with Gasteiger partial charge in [-0.3, -0.25) is 9.78 Å². The first-order chi connectivity index (χ1) is 6.61. The summed E-state index contributed by atoms with van der Waals surface area (Å²) in [4.78, 5) is 14.2. The van der Waals surface area contributed by atoms with E-state index in [9.17, 15) is 13.6 Å². The smallest absolute Gasteiger partial charge is 0.266 e. The molecule has 0 bridgehead atoms. The summed E-state index contributed by atoms with van der Waals surface area (Å²) >= 11 is 5.53. The average Bonchev–Trinajstić information content (AvgIpc) is 2.17. The molecule has 76 valence electrons. The summed E-state index contributed by atoms with van der Waals surface area (Å²) in [5.41, 5.74) is 4.48. The van der Waals surface area contributed by atoms with Crippen LogP contribution in [-0.4, -0.2) is 11.3 Å². The second-order valence-electron chi connectivity index (χ2n) is 2.50. The number of rotatable bonds is 3. The molecule has 3 nitrogen and oxygen atoms in total. The van der Waals surface area contributed by atoms with Gasteiger partial charge in [0.2, 0.25) is 0 Å². The molecule has 0 aliphatic rings. The van der Waals surface area contributed by atoms with Crippen LogP contribution in [-0.2, 0) is 6.54 Å². The third-order valence-corrected chi connectivity index (χ3v) is 2.02. The molecule has 0 aromatic carbocycles. The second-order valence-corrected chi connectivity index (χ2v) is 2.91. The van der Waals surface area contributed by atoms with Crippen LogP contribution in [0.25, 0.3) is 0 Å². The van der Waals surface area contributed by atoms with Crippen LogP contribution in [0.5, 0.6) is 0 Å². The topological polar surface area (TPSA) is 56.0 Å². The van der Waals surface area contributed by atoms with E-state index >= 15 is 0 Å². The van der Waals surface area contributed by atoms with Crippen molar-refractivity contribution in [1.82, 2.24) is 4.98 Å². The molecule has 0 radical (unpaired) electrons. The highest BCUT2D eigenvalue weighted by Gasteiger charge is 2.20. The summed E-state index contributed by atoms with van der Waals surface area (Å²) in [6, 6.07) is 0. The summed E-state index contributed by atoms with van der Waals surface area (Å²) in [6.45, 7) is -0.155. The van der Waals surface area contributed by atoms with Gasteiger partial charge in [-0.1, -0.05) is 11.6 Å². The number of aromatic nitrogens is 1. The van der Waals surface area contributed by atoms with Gasteiger partial charge in [-0.25, -0.2) is 8.78 Å². The summed E-state index contributed by atoms with van der Waals surface area (Å²) in [5.74, 6) is 0. The zero-order chi connectivity index (χ0) is 10.7. The van der Waals surface area contributed by atoms with Gasteiger partial charge < -0.3 is 5.73 Å². The Morgan fingerprint density at radius 1 is 1.64 bits per heavy atom. The molecule has 0 unspecified atom stereocenters. The van der Waals surface area contributed by atoms with E-state index in [1.54, 1.807) is 0 Å². The first kappa shape index (κ1) is 11.0. The molecule has 0 amide bonds. The van der Waals surface area contributed by atoms with E-state index in [1.807, 2.05) is 0 Å². The van der Waals surface area contributed by atoms with Crippen molar-refractivity contribution in [1.29, 1.82) is 0 Å². The third-order valence-electron chi connectivity index (χ3n) is 1.72. The molecular formula is C8H7ClF2N2O. The molecule has 0 aliphatic heterocycles. The van der Waals surface area contributed by atoms with Crippen molar-refractivity contribution in [3.05, 3.63) is 28.0 Å². The van der Waals surface area contributed by atoms with Gasteiger partial charge in [0.05, 0.1) is 16.3 Å². The molecule has 6 heteroatoms. The summed E-state index contributed by atoms with van der Waals surface area (Å²) < 4.78 is 25.1. The maximum Gasteiger partial charge on any atom is 0.266 e. The van der Waals surface area contributed by atoms with Crippen LogP contribution in [0.4, 0.5) is 8.78 Å². The molecule has 1 rings (SSSR count). The number of alkyl halides is 2. The molecule has 0 spiro atoms. The number of nitrogens with zero attached hydrogens (tertiary/aromatic N) is 1. The first-order valence-corrected chi connectivity index (χ1v) is 4.10. The highest BCUT2D eigenvalue weighted by Crippen LogP contribution is 2.28. The monoisotopic (exact) mass is 220 g/mol. The van der Waals surface area contributed by atoms with Crippen molar-refractivity contribution in [3.63, 3.8) is 0 Å². The number of carbonyl (C=O) groups is 1. The van der Waals surface area contributed by atoms with E-state index in [0.717, 1.165) is 6.20 Å². The van der Waals surface area contributed by atoms with Crippen molar-refractivity contribution in [2.45, 2.75) is 13.0 Å². The molecule has 0 fully saturated rings. The lowest BCUT2D eigenvalue weighted by atomic mass is 10.1. The van der Waals surface area contributed by atoms with E-state index in [0.29, 0.717) is 0 Å². The molecule has 14 heavy (non-hydrogen) atoms. The molecule has 0 atom stereocenters. The van der Waals surface area contributed by atoms with Crippen LogP contribution in [0.15, 0.2) is 6.20 Å². The van der Waals surface area contributed by atoms with E-state index in [-0.39, 0.29) is 29.1 Å². The van der Waals surface area contributed by atoms with Crippen molar-refractivity contribution in [2.24, 2.45) is 5.73 Å². The minimum atomic E-state index is -2.81. The Morgan fingerprint density at radius 3 is 2.71 bits per heavy atom. The Labute approximate surface area is 83.9 Å². The number of nitrogens with two attached hydrogens (primary N) is 1. The van der Waals surface area contributed by atoms with Gasteiger partial charge in [-0.05, 0) is 0 Å². The minimum Gasteiger partial charge on any atom is -0.325 e. The van der Waals surface area contributed by atoms with E-state index in [2.05, 4.69) is 4.98 Å². The molecule has 2 N–H and O–H groups in total. The average molecular weight is 221 g/mol. The van der Waals surface area contributed by atoms with Gasteiger partial charge in [0, 0.05) is 18.3 Å². The highest BCUT2D eigenvalue weighted by molar-refractivity contribution is 6.33. The van der Waals surface area contributed by atoms with Gasteiger partial charge in [0.15, 0.2) is 6.29 Å². The SMILES string of the molecule is NCc1ncc(Cl)c(C=O)c1C(F)F. The van der Waals surface area contributed by atoms with Crippen LogP contribution >= 0.6 is 11.6 Å². The zero-order valence-corrected chi connectivity index (χ0v) is 7.76. The lowest BCUT2D eigenvalue weighted by Crippen LogP contribution is -2.08. The molecule has 0 saturated carbocycles. The predicted molar refractivity (Wildman–Crippen MR) is 47.5 cm³/mol. The Morgan fingerprint density at radius 2 is 2.29 bits per heavy atom.